The van der Waals surface area contributed by atoms with Gasteiger partial charge in [0.2, 0.25) is 0 Å². The molecule has 2 unspecified atom stereocenters. The standard InChI is InChI=1S/C48H76O8/c1-11-12-13-14-15-16-17-18-19-20-21-22-23-24-29-55-37-31-45(7)38-26-25-34-35(30-36(50)42(53)44(34,5)6)47(38,9)40(52)32-46(45,8)41(37)48(10,54)39(51)27-28-43(3,4)56-33(2)49/h17-18,25,27-28,35-38,41,50,54H,11-16,19-24,26,29-32H2,1-10H3/b18-17-,28-27+/t35-,36+,37-,38+,41?,45+,46-,47+,48?/m1/s1. The molecule has 0 aliphatic heterocycles. The second kappa shape index (κ2) is 18.2. The number of hydrogen-bond acceptors (Lipinski definition) is 8. The second-order valence-electron chi connectivity index (χ2n) is 19.8. The molecule has 0 amide bonds. The Morgan fingerprint density at radius 2 is 1.48 bits per heavy atom. The predicted molar refractivity (Wildman–Crippen MR) is 222 cm³/mol. The van der Waals surface area contributed by atoms with E-state index in [1.54, 1.807) is 20.8 Å². The first-order valence-corrected chi connectivity index (χ1v) is 22.0. The van der Waals surface area contributed by atoms with Gasteiger partial charge in [-0.25, -0.2) is 0 Å². The van der Waals surface area contributed by atoms with Crippen LogP contribution in [0, 0.1) is 39.4 Å². The molecule has 0 bridgehead atoms. The number of Topliss-reactive ketones (excluding diaryl/α,β-unsaturated/α-hetero) is 2. The van der Waals surface area contributed by atoms with Crippen LogP contribution in [-0.4, -0.2) is 63.5 Å². The van der Waals surface area contributed by atoms with Crippen molar-refractivity contribution in [2.24, 2.45) is 39.4 Å². The highest BCUT2D eigenvalue weighted by molar-refractivity contribution is 5.98. The molecule has 8 heteroatoms. The maximum absolute atomic E-state index is 14.8. The van der Waals surface area contributed by atoms with Crippen molar-refractivity contribution in [2.45, 2.75) is 195 Å². The van der Waals surface area contributed by atoms with E-state index in [2.05, 4.69) is 39.0 Å². The molecule has 316 valence electrons. The third-order valence-electron chi connectivity index (χ3n) is 15.0. The van der Waals surface area contributed by atoms with Crippen LogP contribution in [0.25, 0.3) is 0 Å². The lowest BCUT2D eigenvalue weighted by Crippen LogP contribution is -2.65. The van der Waals surface area contributed by atoms with E-state index in [1.807, 2.05) is 20.8 Å². The number of carbonyl (C=O) groups excluding carboxylic acids is 4. The van der Waals surface area contributed by atoms with Crippen molar-refractivity contribution in [3.05, 3.63) is 36.0 Å². The second-order valence-corrected chi connectivity index (χ2v) is 19.8. The monoisotopic (exact) mass is 781 g/mol. The number of unbranched alkanes of at least 4 members (excludes halogenated alkanes) is 10. The molecule has 9 atom stereocenters. The summed E-state index contributed by atoms with van der Waals surface area (Å²) in [4.78, 5) is 53.9. The molecule has 0 radical (unpaired) electrons. The summed E-state index contributed by atoms with van der Waals surface area (Å²) in [7, 11) is 0. The molecule has 0 heterocycles. The van der Waals surface area contributed by atoms with Crippen LogP contribution in [0.15, 0.2) is 36.0 Å². The number of ether oxygens (including phenoxy) is 2. The molecule has 0 saturated heterocycles. The summed E-state index contributed by atoms with van der Waals surface area (Å²) in [5.74, 6) is -2.26. The average molecular weight is 781 g/mol. The molecule has 2 N–H and O–H groups in total. The van der Waals surface area contributed by atoms with Gasteiger partial charge in [-0.1, -0.05) is 96.4 Å². The van der Waals surface area contributed by atoms with Gasteiger partial charge >= 0.3 is 5.97 Å². The van der Waals surface area contributed by atoms with Crippen molar-refractivity contribution < 1.29 is 38.9 Å². The van der Waals surface area contributed by atoms with Crippen molar-refractivity contribution in [2.75, 3.05) is 6.61 Å². The van der Waals surface area contributed by atoms with Gasteiger partial charge in [0.05, 0.1) is 6.10 Å². The molecule has 0 spiro atoms. The zero-order valence-electron chi connectivity index (χ0n) is 36.6. The number of ketones is 3. The SMILES string of the molecule is CCCCCCC/C=C\CCCCCCCO[C@@H]1C[C@@]2(C)[C@@H]3CC=C4[C@@H](C[C@H](O)C(=O)C4(C)C)[C@]3(C)C(=O)C[C@]2(C)C1C(C)(O)C(=O)/C=C/C(C)(C)OC(C)=O. The van der Waals surface area contributed by atoms with Gasteiger partial charge in [-0.3, -0.25) is 19.2 Å². The van der Waals surface area contributed by atoms with Gasteiger partial charge in [-0.15, -0.1) is 0 Å². The van der Waals surface area contributed by atoms with Crippen LogP contribution >= 0.6 is 0 Å². The van der Waals surface area contributed by atoms with E-state index >= 15 is 0 Å². The van der Waals surface area contributed by atoms with Crippen LogP contribution in [0.1, 0.15) is 172 Å². The first kappa shape index (κ1) is 46.3. The third-order valence-corrected chi connectivity index (χ3v) is 15.0. The topological polar surface area (TPSA) is 127 Å². The highest BCUT2D eigenvalue weighted by Gasteiger charge is 2.75. The molecule has 4 aliphatic carbocycles. The van der Waals surface area contributed by atoms with Crippen LogP contribution in [0.2, 0.25) is 0 Å². The molecule has 0 aromatic rings. The number of hydrogen-bond donors (Lipinski definition) is 2. The Morgan fingerprint density at radius 3 is 2.09 bits per heavy atom. The van der Waals surface area contributed by atoms with Crippen molar-refractivity contribution in [3.63, 3.8) is 0 Å². The molecule has 4 aliphatic rings. The van der Waals surface area contributed by atoms with Crippen LogP contribution in [-0.2, 0) is 28.7 Å². The van der Waals surface area contributed by atoms with Crippen molar-refractivity contribution in [3.8, 4) is 0 Å². The van der Waals surface area contributed by atoms with Crippen molar-refractivity contribution >= 4 is 23.3 Å². The lowest BCUT2D eigenvalue weighted by Gasteiger charge is -2.64. The molecular formula is C48H76O8. The lowest BCUT2D eigenvalue weighted by atomic mass is 9.38. The summed E-state index contributed by atoms with van der Waals surface area (Å²) in [5, 5.41) is 23.5. The van der Waals surface area contributed by atoms with Gasteiger partial charge in [-0.2, -0.15) is 0 Å². The number of rotatable bonds is 20. The summed E-state index contributed by atoms with van der Waals surface area (Å²) < 4.78 is 12.2. The zero-order valence-corrected chi connectivity index (χ0v) is 36.6. The Balaban J connectivity index is 1.53. The minimum absolute atomic E-state index is 0.0534. The maximum Gasteiger partial charge on any atom is 0.303 e. The van der Waals surface area contributed by atoms with Crippen molar-refractivity contribution in [1.82, 2.24) is 0 Å². The van der Waals surface area contributed by atoms with E-state index in [0.717, 1.165) is 31.3 Å². The zero-order chi connectivity index (χ0) is 41.7. The number of aliphatic hydroxyl groups is 2. The van der Waals surface area contributed by atoms with Gasteiger partial charge in [0.15, 0.2) is 11.6 Å². The largest absolute Gasteiger partial charge is 0.456 e. The Morgan fingerprint density at radius 1 is 0.893 bits per heavy atom. The molecule has 8 nitrogen and oxygen atoms in total. The van der Waals surface area contributed by atoms with E-state index in [4.69, 9.17) is 9.47 Å². The summed E-state index contributed by atoms with van der Waals surface area (Å²) >= 11 is 0. The summed E-state index contributed by atoms with van der Waals surface area (Å²) in [5.41, 5.74) is -5.01. The summed E-state index contributed by atoms with van der Waals surface area (Å²) in [6.07, 6.45) is 23.8. The number of esters is 1. The lowest BCUT2D eigenvalue weighted by molar-refractivity contribution is -0.184. The van der Waals surface area contributed by atoms with Gasteiger partial charge in [-0.05, 0) is 121 Å². The normalized spacial score (nSPS) is 33.9. The highest BCUT2D eigenvalue weighted by atomic mass is 16.6. The number of allylic oxidation sites excluding steroid dienone is 4. The number of fused-ring (bicyclic) bond motifs is 5. The molecule has 3 fully saturated rings. The minimum atomic E-state index is -1.89. The fourth-order valence-corrected chi connectivity index (χ4v) is 11.7. The number of aliphatic hydroxyl groups excluding tert-OH is 1. The third kappa shape index (κ3) is 9.23. The van der Waals surface area contributed by atoms with Crippen molar-refractivity contribution in [1.29, 1.82) is 0 Å². The molecular weight excluding hydrogens is 705 g/mol. The van der Waals surface area contributed by atoms with Crippen LogP contribution < -0.4 is 0 Å². The molecule has 0 aromatic carbocycles. The first-order chi connectivity index (χ1) is 26.1. The van der Waals surface area contributed by atoms with Gasteiger partial charge in [0.25, 0.3) is 0 Å². The van der Waals surface area contributed by atoms with Crippen LogP contribution in [0.4, 0.5) is 0 Å². The smallest absolute Gasteiger partial charge is 0.303 e. The highest BCUT2D eigenvalue weighted by Crippen LogP contribution is 2.74. The molecule has 3 saturated carbocycles. The molecule has 4 rings (SSSR count). The van der Waals surface area contributed by atoms with E-state index in [9.17, 15) is 29.4 Å². The van der Waals surface area contributed by atoms with E-state index in [-0.39, 0.29) is 36.2 Å². The van der Waals surface area contributed by atoms with Gasteiger partial charge < -0.3 is 19.7 Å². The quantitative estimate of drug-likeness (QED) is 0.0541. The van der Waals surface area contributed by atoms with Crippen LogP contribution in [0.5, 0.6) is 0 Å². The molecule has 56 heavy (non-hydrogen) atoms. The Labute approximate surface area is 338 Å². The predicted octanol–water partition coefficient (Wildman–Crippen LogP) is 9.78. The molecule has 0 aromatic heterocycles. The van der Waals surface area contributed by atoms with E-state index < -0.39 is 62.7 Å². The first-order valence-electron chi connectivity index (χ1n) is 22.0. The maximum atomic E-state index is 14.8. The summed E-state index contributed by atoms with van der Waals surface area (Å²) in [6, 6.07) is 0. The number of carbonyl (C=O) groups is 4. The fraction of sp³-hybridized carbons (Fsp3) is 0.792. The average Bonchev–Trinajstić information content (AvgIpc) is 3.34. The fourth-order valence-electron chi connectivity index (χ4n) is 11.7. The minimum Gasteiger partial charge on any atom is -0.456 e. The Bertz CT molecular complexity index is 1520. The van der Waals surface area contributed by atoms with E-state index in [1.165, 1.54) is 70.4 Å². The van der Waals surface area contributed by atoms with E-state index in [0.29, 0.717) is 19.4 Å². The van der Waals surface area contributed by atoms with Gasteiger partial charge in [0.1, 0.15) is 23.1 Å². The summed E-state index contributed by atoms with van der Waals surface area (Å²) in [6.45, 7) is 19.0. The Kier molecular flexibility index (Phi) is 15.1. The van der Waals surface area contributed by atoms with Gasteiger partial charge in [0, 0.05) is 36.7 Å². The van der Waals surface area contributed by atoms with Crippen LogP contribution in [0.3, 0.4) is 0 Å². The Hall–Kier alpha value is -2.42.